The van der Waals surface area contributed by atoms with E-state index in [0.29, 0.717) is 30.3 Å². The fourth-order valence-electron chi connectivity index (χ4n) is 2.70. The fraction of sp³-hybridized carbons (Fsp3) is 0.190. The molecular weight excluding hydrogens is 379 g/mol. The third-order valence-electron chi connectivity index (χ3n) is 4.15. The van der Waals surface area contributed by atoms with Crippen LogP contribution in [0.25, 0.3) is 17.5 Å². The summed E-state index contributed by atoms with van der Waals surface area (Å²) in [6.45, 7) is 2.63. The number of nitrogens with zero attached hydrogens (tertiary/aromatic N) is 2. The molecule has 2 aromatic carbocycles. The van der Waals surface area contributed by atoms with Crippen molar-refractivity contribution in [3.8, 4) is 23.0 Å². The molecule has 0 radical (unpaired) electrons. The number of ether oxygens (including phenoxy) is 3. The van der Waals surface area contributed by atoms with Crippen molar-refractivity contribution in [2.75, 3.05) is 13.2 Å². The van der Waals surface area contributed by atoms with Crippen molar-refractivity contribution in [3.05, 3.63) is 65.8 Å². The number of carbonyl (C=O) groups is 1. The second-order valence-corrected chi connectivity index (χ2v) is 6.27. The van der Waals surface area contributed by atoms with Gasteiger partial charge in [-0.25, -0.2) is 9.18 Å². The van der Waals surface area contributed by atoms with E-state index < -0.39 is 12.1 Å². The van der Waals surface area contributed by atoms with Gasteiger partial charge in [-0.05, 0) is 55.0 Å². The Kier molecular flexibility index (Phi) is 5.24. The summed E-state index contributed by atoms with van der Waals surface area (Å²) in [6, 6.07) is 11.0. The quantitative estimate of drug-likeness (QED) is 0.477. The zero-order chi connectivity index (χ0) is 20.2. The Morgan fingerprint density at radius 1 is 1.10 bits per heavy atom. The summed E-state index contributed by atoms with van der Waals surface area (Å²) in [5.41, 5.74) is 1.34. The minimum atomic E-state index is -0.742. The van der Waals surface area contributed by atoms with Crippen LogP contribution in [0.5, 0.6) is 11.5 Å². The van der Waals surface area contributed by atoms with Gasteiger partial charge in [0.1, 0.15) is 19.0 Å². The summed E-state index contributed by atoms with van der Waals surface area (Å²) in [5, 5.41) is 7.80. The van der Waals surface area contributed by atoms with E-state index in [1.807, 2.05) is 6.07 Å². The van der Waals surface area contributed by atoms with Crippen molar-refractivity contribution in [1.82, 2.24) is 10.2 Å². The van der Waals surface area contributed by atoms with Crippen LogP contribution >= 0.6 is 0 Å². The molecule has 2 heterocycles. The van der Waals surface area contributed by atoms with Crippen LogP contribution in [0.4, 0.5) is 4.39 Å². The maximum atomic E-state index is 13.0. The minimum Gasteiger partial charge on any atom is -0.486 e. The van der Waals surface area contributed by atoms with Gasteiger partial charge in [0.2, 0.25) is 5.89 Å². The van der Waals surface area contributed by atoms with Crippen molar-refractivity contribution in [3.63, 3.8) is 0 Å². The van der Waals surface area contributed by atoms with E-state index in [4.69, 9.17) is 18.6 Å². The van der Waals surface area contributed by atoms with E-state index >= 15 is 0 Å². The number of aromatic nitrogens is 2. The number of hydrogen-bond donors (Lipinski definition) is 0. The molecule has 0 N–H and O–H groups in total. The normalized spacial score (nSPS) is 14.0. The van der Waals surface area contributed by atoms with Gasteiger partial charge in [-0.2, -0.15) is 0 Å². The molecule has 7 nitrogen and oxygen atoms in total. The summed E-state index contributed by atoms with van der Waals surface area (Å²) in [5.74, 6) is 0.756. The van der Waals surface area contributed by atoms with Gasteiger partial charge in [0.15, 0.2) is 17.6 Å². The number of halogens is 1. The van der Waals surface area contributed by atoms with Crippen LogP contribution in [0.3, 0.4) is 0 Å². The van der Waals surface area contributed by atoms with Gasteiger partial charge in [0.05, 0.1) is 0 Å². The SMILES string of the molecule is C[C@@H](OC(=O)/C=C/c1ccc2c(c1)OCCO2)c1nnc(-c2ccc(F)cc2)o1. The predicted molar refractivity (Wildman–Crippen MR) is 101 cm³/mol. The molecule has 0 aliphatic carbocycles. The van der Waals surface area contributed by atoms with Crippen molar-refractivity contribution >= 4 is 12.0 Å². The molecule has 0 amide bonds. The Bertz CT molecular complexity index is 1050. The lowest BCUT2D eigenvalue weighted by molar-refractivity contribution is -0.143. The monoisotopic (exact) mass is 396 g/mol. The molecule has 0 unspecified atom stereocenters. The Morgan fingerprint density at radius 2 is 1.86 bits per heavy atom. The number of benzene rings is 2. The number of rotatable bonds is 5. The highest BCUT2D eigenvalue weighted by atomic mass is 19.1. The second kappa shape index (κ2) is 8.14. The van der Waals surface area contributed by atoms with Crippen LogP contribution in [0, 0.1) is 5.82 Å². The Balaban J connectivity index is 1.38. The number of hydrogen-bond acceptors (Lipinski definition) is 7. The third-order valence-corrected chi connectivity index (χ3v) is 4.15. The molecular formula is C21H17FN2O5. The van der Waals surface area contributed by atoms with Crippen LogP contribution in [0.1, 0.15) is 24.5 Å². The van der Waals surface area contributed by atoms with Gasteiger partial charge in [-0.1, -0.05) is 6.07 Å². The summed E-state index contributed by atoms with van der Waals surface area (Å²) in [7, 11) is 0. The van der Waals surface area contributed by atoms with Crippen molar-refractivity contribution in [1.29, 1.82) is 0 Å². The Morgan fingerprint density at radius 3 is 2.66 bits per heavy atom. The molecule has 0 saturated carbocycles. The largest absolute Gasteiger partial charge is 0.486 e. The molecule has 1 aromatic heterocycles. The number of fused-ring (bicyclic) bond motifs is 1. The topological polar surface area (TPSA) is 83.7 Å². The van der Waals surface area contributed by atoms with Crippen LogP contribution < -0.4 is 9.47 Å². The van der Waals surface area contributed by atoms with Gasteiger partial charge in [0.25, 0.3) is 5.89 Å². The molecule has 4 rings (SSSR count). The lowest BCUT2D eigenvalue weighted by atomic mass is 10.2. The molecule has 1 atom stereocenters. The van der Waals surface area contributed by atoms with E-state index in [0.717, 1.165) is 5.56 Å². The first-order chi connectivity index (χ1) is 14.1. The molecule has 0 bridgehead atoms. The fourth-order valence-corrected chi connectivity index (χ4v) is 2.70. The molecule has 1 aliphatic rings. The van der Waals surface area contributed by atoms with E-state index in [1.165, 1.54) is 30.3 Å². The van der Waals surface area contributed by atoms with Crippen molar-refractivity contribution < 1.29 is 27.8 Å². The number of carbonyl (C=O) groups excluding carboxylic acids is 1. The first-order valence-corrected chi connectivity index (χ1v) is 8.96. The van der Waals surface area contributed by atoms with Crippen LogP contribution in [-0.4, -0.2) is 29.4 Å². The summed E-state index contributed by atoms with van der Waals surface area (Å²) < 4.78 is 34.8. The summed E-state index contributed by atoms with van der Waals surface area (Å²) in [4.78, 5) is 12.1. The molecule has 148 valence electrons. The molecule has 1 aliphatic heterocycles. The highest BCUT2D eigenvalue weighted by molar-refractivity contribution is 5.87. The highest BCUT2D eigenvalue weighted by Gasteiger charge is 2.18. The second-order valence-electron chi connectivity index (χ2n) is 6.27. The lowest BCUT2D eigenvalue weighted by Gasteiger charge is -2.18. The molecule has 0 spiro atoms. The van der Waals surface area contributed by atoms with Gasteiger partial charge < -0.3 is 18.6 Å². The first kappa shape index (κ1) is 18.7. The Hall–Kier alpha value is -3.68. The summed E-state index contributed by atoms with van der Waals surface area (Å²) >= 11 is 0. The van der Waals surface area contributed by atoms with E-state index in [2.05, 4.69) is 10.2 Å². The lowest BCUT2D eigenvalue weighted by Crippen LogP contribution is -2.15. The highest BCUT2D eigenvalue weighted by Crippen LogP contribution is 2.31. The van der Waals surface area contributed by atoms with E-state index in [9.17, 15) is 9.18 Å². The minimum absolute atomic E-state index is 0.144. The molecule has 0 fully saturated rings. The maximum absolute atomic E-state index is 13.0. The predicted octanol–water partition coefficient (Wildman–Crippen LogP) is 3.96. The first-order valence-electron chi connectivity index (χ1n) is 8.96. The van der Waals surface area contributed by atoms with Crippen LogP contribution in [0.2, 0.25) is 0 Å². The van der Waals surface area contributed by atoms with Gasteiger partial charge >= 0.3 is 5.97 Å². The molecule has 0 saturated heterocycles. The zero-order valence-electron chi connectivity index (χ0n) is 15.5. The molecule has 8 heteroatoms. The van der Waals surface area contributed by atoms with E-state index in [-0.39, 0.29) is 17.6 Å². The smallest absolute Gasteiger partial charge is 0.331 e. The van der Waals surface area contributed by atoms with Gasteiger partial charge in [0, 0.05) is 11.6 Å². The zero-order valence-corrected chi connectivity index (χ0v) is 15.5. The van der Waals surface area contributed by atoms with Gasteiger partial charge in [-0.15, -0.1) is 10.2 Å². The number of esters is 1. The third kappa shape index (κ3) is 4.43. The Labute approximate surface area is 165 Å². The molecule has 3 aromatic rings. The van der Waals surface area contributed by atoms with Gasteiger partial charge in [-0.3, -0.25) is 0 Å². The van der Waals surface area contributed by atoms with Crippen molar-refractivity contribution in [2.45, 2.75) is 13.0 Å². The molecule has 29 heavy (non-hydrogen) atoms. The van der Waals surface area contributed by atoms with E-state index in [1.54, 1.807) is 25.1 Å². The van der Waals surface area contributed by atoms with Crippen molar-refractivity contribution in [2.24, 2.45) is 0 Å². The average molecular weight is 396 g/mol. The maximum Gasteiger partial charge on any atom is 0.331 e. The summed E-state index contributed by atoms with van der Waals surface area (Å²) in [6.07, 6.45) is 2.18. The standard InChI is InChI=1S/C21H17FN2O5/c1-13(20-23-24-21(29-20)15-4-6-16(22)7-5-15)28-19(25)9-3-14-2-8-17-18(12-14)27-11-10-26-17/h2-9,12-13H,10-11H2,1H3/b9-3+/t13-/m1/s1. The van der Waals surface area contributed by atoms with Crippen LogP contribution in [-0.2, 0) is 9.53 Å². The van der Waals surface area contributed by atoms with Crippen LogP contribution in [0.15, 0.2) is 53.0 Å². The average Bonchev–Trinajstić information content (AvgIpc) is 3.23.